The fraction of sp³-hybridized carbons (Fsp3) is 0. The highest BCUT2D eigenvalue weighted by atomic mass is 32.1. The first kappa shape index (κ1) is 14.9. The Hall–Kier alpha value is -3.38. The summed E-state index contributed by atoms with van der Waals surface area (Å²) in [5.74, 6) is 0.784. The van der Waals surface area contributed by atoms with Crippen molar-refractivity contribution >= 4 is 44.0 Å². The van der Waals surface area contributed by atoms with Crippen LogP contribution in [0.4, 0.5) is 11.5 Å². The van der Waals surface area contributed by atoms with E-state index >= 15 is 0 Å². The lowest BCUT2D eigenvalue weighted by Crippen LogP contribution is -1.97. The van der Waals surface area contributed by atoms with Crippen LogP contribution in [0.15, 0.2) is 72.6 Å². The molecule has 0 aliphatic rings. The maximum atomic E-state index is 4.84. The lowest BCUT2D eigenvalue weighted by molar-refractivity contribution is 1.28. The van der Waals surface area contributed by atoms with Gasteiger partial charge in [0, 0.05) is 35.2 Å². The second-order valence-corrected chi connectivity index (χ2v) is 6.71. The van der Waals surface area contributed by atoms with Crippen molar-refractivity contribution in [3.05, 3.63) is 72.6 Å². The maximum absolute atomic E-state index is 4.84. The molecule has 5 nitrogen and oxygen atoms in total. The number of benzene rings is 1. The van der Waals surface area contributed by atoms with Crippen LogP contribution in [0, 0.1) is 0 Å². The lowest BCUT2D eigenvalue weighted by Gasteiger charge is -2.11. The molecule has 0 aliphatic carbocycles. The molecule has 0 saturated heterocycles. The maximum Gasteiger partial charge on any atom is 0.140 e. The number of anilines is 2. The third kappa shape index (κ3) is 2.66. The molecule has 6 heteroatoms. The molecule has 5 rings (SSSR count). The van der Waals surface area contributed by atoms with E-state index in [1.807, 2.05) is 48.0 Å². The highest BCUT2D eigenvalue weighted by molar-refractivity contribution is 7.16. The first-order chi connectivity index (χ1) is 12.9. The molecule has 4 aromatic heterocycles. The zero-order valence-electron chi connectivity index (χ0n) is 13.6. The van der Waals surface area contributed by atoms with Crippen molar-refractivity contribution in [3.8, 4) is 11.3 Å². The molecule has 124 valence electrons. The lowest BCUT2D eigenvalue weighted by atomic mass is 10.1. The number of hydrogen-bond acceptors (Lipinski definition) is 6. The van der Waals surface area contributed by atoms with Crippen molar-refractivity contribution in [2.45, 2.75) is 0 Å². The van der Waals surface area contributed by atoms with Gasteiger partial charge in [0.15, 0.2) is 0 Å². The van der Waals surface area contributed by atoms with Crippen LogP contribution >= 0.6 is 11.3 Å². The van der Waals surface area contributed by atoms with Gasteiger partial charge < -0.3 is 5.32 Å². The average molecular weight is 355 g/mol. The molecule has 26 heavy (non-hydrogen) atoms. The molecule has 0 atom stereocenters. The molecule has 0 unspecified atom stereocenters. The molecule has 0 saturated carbocycles. The van der Waals surface area contributed by atoms with Crippen molar-refractivity contribution in [3.63, 3.8) is 0 Å². The Morgan fingerprint density at radius 1 is 0.846 bits per heavy atom. The van der Waals surface area contributed by atoms with Crippen molar-refractivity contribution in [1.82, 2.24) is 19.9 Å². The van der Waals surface area contributed by atoms with Gasteiger partial charge in [-0.05, 0) is 48.5 Å². The molecule has 0 bridgehead atoms. The highest BCUT2D eigenvalue weighted by Crippen LogP contribution is 2.30. The summed E-state index contributed by atoms with van der Waals surface area (Å²) in [5, 5.41) is 4.43. The highest BCUT2D eigenvalue weighted by Gasteiger charge is 2.09. The number of hydrogen-bond donors (Lipinski definition) is 1. The first-order valence-corrected chi connectivity index (χ1v) is 9.01. The van der Waals surface area contributed by atoms with Gasteiger partial charge in [-0.1, -0.05) is 0 Å². The van der Waals surface area contributed by atoms with Crippen LogP contribution < -0.4 is 5.32 Å². The number of nitrogens with one attached hydrogen (secondary N) is 1. The van der Waals surface area contributed by atoms with Crippen molar-refractivity contribution in [1.29, 1.82) is 0 Å². The van der Waals surface area contributed by atoms with E-state index in [0.29, 0.717) is 0 Å². The van der Waals surface area contributed by atoms with E-state index in [2.05, 4.69) is 26.3 Å². The quantitative estimate of drug-likeness (QED) is 0.491. The summed E-state index contributed by atoms with van der Waals surface area (Å²) in [6, 6.07) is 16.0. The van der Waals surface area contributed by atoms with Gasteiger partial charge in [0.25, 0.3) is 0 Å². The van der Waals surface area contributed by atoms with Crippen LogP contribution in [-0.4, -0.2) is 19.9 Å². The Labute approximate surface area is 153 Å². The minimum absolute atomic E-state index is 0.784. The summed E-state index contributed by atoms with van der Waals surface area (Å²) in [4.78, 5) is 17.8. The van der Waals surface area contributed by atoms with Gasteiger partial charge in [0.2, 0.25) is 0 Å². The molecular formula is C20H13N5S. The molecule has 0 aliphatic heterocycles. The number of nitrogens with zero attached hydrogens (tertiary/aromatic N) is 4. The number of aromatic nitrogens is 4. The van der Waals surface area contributed by atoms with Crippen molar-refractivity contribution in [2.75, 3.05) is 5.32 Å². The smallest absolute Gasteiger partial charge is 0.140 e. The minimum Gasteiger partial charge on any atom is -0.340 e. The van der Waals surface area contributed by atoms with Gasteiger partial charge in [-0.25, -0.2) is 9.97 Å². The van der Waals surface area contributed by atoms with E-state index in [1.165, 1.54) is 0 Å². The molecule has 0 amide bonds. The molecule has 0 spiro atoms. The van der Waals surface area contributed by atoms with E-state index < -0.39 is 0 Å². The van der Waals surface area contributed by atoms with Crippen LogP contribution in [0.3, 0.4) is 0 Å². The van der Waals surface area contributed by atoms with Gasteiger partial charge in [-0.2, -0.15) is 0 Å². The van der Waals surface area contributed by atoms with E-state index in [1.54, 1.807) is 29.9 Å². The summed E-state index contributed by atoms with van der Waals surface area (Å²) < 4.78 is 1.14. The van der Waals surface area contributed by atoms with Crippen LogP contribution in [0.2, 0.25) is 0 Å². The van der Waals surface area contributed by atoms with Crippen LogP contribution in [-0.2, 0) is 0 Å². The van der Waals surface area contributed by atoms with E-state index in [0.717, 1.165) is 43.9 Å². The molecule has 0 fully saturated rings. The summed E-state index contributed by atoms with van der Waals surface area (Å²) in [5.41, 5.74) is 6.61. The first-order valence-electron chi connectivity index (χ1n) is 8.13. The molecule has 0 radical (unpaired) electrons. The van der Waals surface area contributed by atoms with E-state index in [4.69, 9.17) is 4.98 Å². The zero-order valence-corrected chi connectivity index (χ0v) is 14.4. The minimum atomic E-state index is 0.784. The number of pyridine rings is 3. The van der Waals surface area contributed by atoms with Gasteiger partial charge in [-0.3, -0.25) is 9.97 Å². The predicted molar refractivity (Wildman–Crippen MR) is 106 cm³/mol. The third-order valence-electron chi connectivity index (χ3n) is 4.17. The molecule has 5 aromatic rings. The Bertz CT molecular complexity index is 1220. The monoisotopic (exact) mass is 355 g/mol. The number of rotatable bonds is 3. The standard InChI is InChI=1S/C20H13N5S/c1-2-15-18(22-7-1)11-17(13-5-8-21-9-6-13)25-20(15)24-14-3-4-16-19(10-14)26-12-23-16/h1-12H,(H,24,25). The summed E-state index contributed by atoms with van der Waals surface area (Å²) in [7, 11) is 0. The Balaban J connectivity index is 1.65. The SMILES string of the molecule is c1cnc2cc(-c3ccncc3)nc(Nc3ccc4ncsc4c3)c2c1. The molecule has 1 aromatic carbocycles. The normalized spacial score (nSPS) is 11.1. The van der Waals surface area contributed by atoms with Crippen molar-refractivity contribution in [2.24, 2.45) is 0 Å². The van der Waals surface area contributed by atoms with Gasteiger partial charge in [0.05, 0.1) is 26.9 Å². The number of thiazole rings is 1. The van der Waals surface area contributed by atoms with E-state index in [-0.39, 0.29) is 0 Å². The number of fused-ring (bicyclic) bond motifs is 2. The summed E-state index contributed by atoms with van der Waals surface area (Å²) in [6.45, 7) is 0. The summed E-state index contributed by atoms with van der Waals surface area (Å²) in [6.07, 6.45) is 5.33. The Morgan fingerprint density at radius 3 is 2.69 bits per heavy atom. The van der Waals surface area contributed by atoms with Crippen molar-refractivity contribution < 1.29 is 0 Å². The molecule has 4 heterocycles. The van der Waals surface area contributed by atoms with Crippen LogP contribution in [0.5, 0.6) is 0 Å². The van der Waals surface area contributed by atoms with Gasteiger partial charge in [-0.15, -0.1) is 11.3 Å². The Kier molecular flexibility index (Phi) is 3.54. The fourth-order valence-corrected chi connectivity index (χ4v) is 3.63. The molecular weight excluding hydrogens is 342 g/mol. The second kappa shape index (κ2) is 6.16. The predicted octanol–water partition coefficient (Wildman–Crippen LogP) is 5.05. The summed E-state index contributed by atoms with van der Waals surface area (Å²) >= 11 is 1.62. The fourth-order valence-electron chi connectivity index (χ4n) is 2.91. The topological polar surface area (TPSA) is 63.6 Å². The van der Waals surface area contributed by atoms with Crippen LogP contribution in [0.25, 0.3) is 32.4 Å². The van der Waals surface area contributed by atoms with Gasteiger partial charge in [0.1, 0.15) is 5.82 Å². The third-order valence-corrected chi connectivity index (χ3v) is 4.96. The zero-order chi connectivity index (χ0) is 17.3. The second-order valence-electron chi connectivity index (χ2n) is 5.82. The van der Waals surface area contributed by atoms with Crippen LogP contribution in [0.1, 0.15) is 0 Å². The molecule has 1 N–H and O–H groups in total. The van der Waals surface area contributed by atoms with Gasteiger partial charge >= 0.3 is 0 Å². The van der Waals surface area contributed by atoms with E-state index in [9.17, 15) is 0 Å². The Morgan fingerprint density at radius 2 is 1.77 bits per heavy atom. The largest absolute Gasteiger partial charge is 0.340 e. The average Bonchev–Trinajstić information content (AvgIpc) is 3.16.